The third kappa shape index (κ3) is 4.87. The van der Waals surface area contributed by atoms with Crippen LogP contribution in [0.1, 0.15) is 38.2 Å². The summed E-state index contributed by atoms with van der Waals surface area (Å²) in [6.07, 6.45) is 1.72. The van der Waals surface area contributed by atoms with Gasteiger partial charge in [0.2, 0.25) is 0 Å². The van der Waals surface area contributed by atoms with Crippen LogP contribution in [0.3, 0.4) is 0 Å². The summed E-state index contributed by atoms with van der Waals surface area (Å²) >= 11 is 0. The molecule has 0 bridgehead atoms. The highest BCUT2D eigenvalue weighted by molar-refractivity contribution is 5.25. The topological polar surface area (TPSA) is 56.0 Å². The van der Waals surface area contributed by atoms with Gasteiger partial charge in [-0.3, -0.25) is 0 Å². The summed E-state index contributed by atoms with van der Waals surface area (Å²) in [7, 11) is 0. The van der Waals surface area contributed by atoms with Gasteiger partial charge in [0.05, 0.1) is 17.6 Å². The molecule has 98 valence electrons. The molecule has 2 N–H and O–H groups in total. The molecule has 0 saturated heterocycles. The van der Waals surface area contributed by atoms with E-state index in [2.05, 4.69) is 18.3 Å². The first-order valence-corrected chi connectivity index (χ1v) is 6.46. The number of aliphatic hydroxyl groups is 1. The minimum absolute atomic E-state index is 0.163. The highest BCUT2D eigenvalue weighted by Gasteiger charge is 2.19. The molecule has 3 nitrogen and oxygen atoms in total. The summed E-state index contributed by atoms with van der Waals surface area (Å²) < 4.78 is 0. The highest BCUT2D eigenvalue weighted by Crippen LogP contribution is 2.14. The molecule has 3 heteroatoms. The standard InChI is InChI=1S/C15H22N2O/c1-3-9-15(2,18)12-17-11-14(10-16)13-7-5-4-6-8-13/h4-8,14,17-18H,3,9,11-12H2,1-2H3. The third-order valence-corrected chi connectivity index (χ3v) is 3.00. The number of nitriles is 1. The van der Waals surface area contributed by atoms with Crippen LogP contribution in [0.25, 0.3) is 0 Å². The van der Waals surface area contributed by atoms with Crippen molar-refractivity contribution in [3.05, 3.63) is 35.9 Å². The first-order valence-electron chi connectivity index (χ1n) is 6.46. The molecule has 0 radical (unpaired) electrons. The van der Waals surface area contributed by atoms with E-state index in [-0.39, 0.29) is 5.92 Å². The number of hydrogen-bond donors (Lipinski definition) is 2. The Morgan fingerprint density at radius 2 is 2.06 bits per heavy atom. The van der Waals surface area contributed by atoms with E-state index in [1.807, 2.05) is 37.3 Å². The number of nitrogens with zero attached hydrogens (tertiary/aromatic N) is 1. The Labute approximate surface area is 109 Å². The molecule has 1 rings (SSSR count). The molecule has 2 unspecified atom stereocenters. The van der Waals surface area contributed by atoms with E-state index in [1.165, 1.54) is 0 Å². The average molecular weight is 246 g/mol. The summed E-state index contributed by atoms with van der Waals surface area (Å²) in [5.74, 6) is -0.163. The zero-order chi connectivity index (χ0) is 13.4. The molecular weight excluding hydrogens is 224 g/mol. The van der Waals surface area contributed by atoms with E-state index < -0.39 is 5.60 Å². The first kappa shape index (κ1) is 14.7. The van der Waals surface area contributed by atoms with Gasteiger partial charge in [0, 0.05) is 13.1 Å². The Bertz CT molecular complexity index is 381. The summed E-state index contributed by atoms with van der Waals surface area (Å²) in [6.45, 7) is 4.97. The van der Waals surface area contributed by atoms with Crippen molar-refractivity contribution >= 4 is 0 Å². The molecule has 1 aromatic rings. The maximum atomic E-state index is 10.0. The maximum absolute atomic E-state index is 10.0. The molecule has 1 aromatic carbocycles. The van der Waals surface area contributed by atoms with E-state index in [9.17, 15) is 5.11 Å². The molecule has 0 saturated carbocycles. The van der Waals surface area contributed by atoms with Crippen molar-refractivity contribution < 1.29 is 5.11 Å². The van der Waals surface area contributed by atoms with E-state index >= 15 is 0 Å². The average Bonchev–Trinajstić information content (AvgIpc) is 2.35. The van der Waals surface area contributed by atoms with E-state index in [0.29, 0.717) is 13.1 Å². The number of nitrogens with one attached hydrogen (secondary N) is 1. The second kappa shape index (κ2) is 7.15. The van der Waals surface area contributed by atoms with Gasteiger partial charge in [-0.2, -0.15) is 5.26 Å². The zero-order valence-electron chi connectivity index (χ0n) is 11.2. The monoisotopic (exact) mass is 246 g/mol. The third-order valence-electron chi connectivity index (χ3n) is 3.00. The normalized spacial score (nSPS) is 15.7. The lowest BCUT2D eigenvalue weighted by Crippen LogP contribution is -2.39. The van der Waals surface area contributed by atoms with Crippen LogP contribution < -0.4 is 5.32 Å². The number of rotatable bonds is 7. The van der Waals surface area contributed by atoms with Crippen LogP contribution in [0.5, 0.6) is 0 Å². The predicted molar refractivity (Wildman–Crippen MR) is 73.2 cm³/mol. The second-order valence-electron chi connectivity index (χ2n) is 4.97. The summed E-state index contributed by atoms with van der Waals surface area (Å²) in [5, 5.41) is 22.4. The van der Waals surface area contributed by atoms with Gasteiger partial charge in [0.25, 0.3) is 0 Å². The highest BCUT2D eigenvalue weighted by atomic mass is 16.3. The van der Waals surface area contributed by atoms with Crippen molar-refractivity contribution in [3.8, 4) is 6.07 Å². The van der Waals surface area contributed by atoms with Crippen LogP contribution in [-0.2, 0) is 0 Å². The lowest BCUT2D eigenvalue weighted by Gasteiger charge is -2.23. The molecule has 2 atom stereocenters. The molecule has 0 heterocycles. The van der Waals surface area contributed by atoms with Crippen LogP contribution in [-0.4, -0.2) is 23.8 Å². The quantitative estimate of drug-likeness (QED) is 0.777. The fourth-order valence-electron chi connectivity index (χ4n) is 2.04. The van der Waals surface area contributed by atoms with Crippen molar-refractivity contribution in [2.45, 2.75) is 38.2 Å². The molecule has 0 spiro atoms. The van der Waals surface area contributed by atoms with Crippen LogP contribution in [0.2, 0.25) is 0 Å². The summed E-state index contributed by atoms with van der Waals surface area (Å²) in [6, 6.07) is 12.0. The lowest BCUT2D eigenvalue weighted by atomic mass is 9.98. The molecule has 18 heavy (non-hydrogen) atoms. The van der Waals surface area contributed by atoms with Gasteiger partial charge < -0.3 is 10.4 Å². The SMILES string of the molecule is CCCC(C)(O)CNCC(C#N)c1ccccc1. The van der Waals surface area contributed by atoms with E-state index in [0.717, 1.165) is 18.4 Å². The van der Waals surface area contributed by atoms with Gasteiger partial charge in [-0.15, -0.1) is 0 Å². The van der Waals surface area contributed by atoms with Crippen molar-refractivity contribution in [1.82, 2.24) is 5.32 Å². The molecular formula is C15H22N2O. The Hall–Kier alpha value is -1.37. The lowest BCUT2D eigenvalue weighted by molar-refractivity contribution is 0.0502. The minimum atomic E-state index is -0.689. The number of benzene rings is 1. The Kier molecular flexibility index (Phi) is 5.84. The zero-order valence-corrected chi connectivity index (χ0v) is 11.2. The maximum Gasteiger partial charge on any atom is 0.0837 e. The van der Waals surface area contributed by atoms with Gasteiger partial charge in [-0.05, 0) is 18.9 Å². The molecule has 0 amide bonds. The smallest absolute Gasteiger partial charge is 0.0837 e. The molecule has 0 aliphatic heterocycles. The van der Waals surface area contributed by atoms with Crippen LogP contribution in [0.4, 0.5) is 0 Å². The predicted octanol–water partition coefficient (Wildman–Crippen LogP) is 2.43. The molecule has 0 fully saturated rings. The van der Waals surface area contributed by atoms with Crippen molar-refractivity contribution in [2.24, 2.45) is 0 Å². The van der Waals surface area contributed by atoms with Crippen LogP contribution in [0, 0.1) is 11.3 Å². The summed E-state index contributed by atoms with van der Waals surface area (Å²) in [4.78, 5) is 0. The summed E-state index contributed by atoms with van der Waals surface area (Å²) in [5.41, 5.74) is 0.327. The van der Waals surface area contributed by atoms with E-state index in [1.54, 1.807) is 0 Å². The van der Waals surface area contributed by atoms with Crippen molar-refractivity contribution in [2.75, 3.05) is 13.1 Å². The Balaban J connectivity index is 2.45. The Morgan fingerprint density at radius 3 is 2.61 bits per heavy atom. The Morgan fingerprint density at radius 1 is 1.39 bits per heavy atom. The minimum Gasteiger partial charge on any atom is -0.389 e. The van der Waals surface area contributed by atoms with Crippen molar-refractivity contribution in [1.29, 1.82) is 5.26 Å². The number of hydrogen-bond acceptors (Lipinski definition) is 3. The fourth-order valence-corrected chi connectivity index (χ4v) is 2.04. The van der Waals surface area contributed by atoms with Gasteiger partial charge in [0.15, 0.2) is 0 Å². The van der Waals surface area contributed by atoms with E-state index in [4.69, 9.17) is 5.26 Å². The van der Waals surface area contributed by atoms with Gasteiger partial charge in [0.1, 0.15) is 0 Å². The second-order valence-corrected chi connectivity index (χ2v) is 4.97. The van der Waals surface area contributed by atoms with Crippen LogP contribution >= 0.6 is 0 Å². The molecule has 0 aliphatic carbocycles. The van der Waals surface area contributed by atoms with Gasteiger partial charge >= 0.3 is 0 Å². The van der Waals surface area contributed by atoms with Crippen molar-refractivity contribution in [3.63, 3.8) is 0 Å². The fraction of sp³-hybridized carbons (Fsp3) is 0.533. The molecule has 0 aliphatic rings. The first-order chi connectivity index (χ1) is 8.59. The van der Waals surface area contributed by atoms with Gasteiger partial charge in [-0.25, -0.2) is 0 Å². The van der Waals surface area contributed by atoms with Crippen LogP contribution in [0.15, 0.2) is 30.3 Å². The molecule has 0 aromatic heterocycles. The largest absolute Gasteiger partial charge is 0.389 e. The van der Waals surface area contributed by atoms with Gasteiger partial charge in [-0.1, -0.05) is 43.7 Å².